The maximum absolute atomic E-state index is 13.4. The number of hydrogen-bond donors (Lipinski definition) is 1. The van der Waals surface area contributed by atoms with Crippen LogP contribution >= 0.6 is 23.4 Å². The highest BCUT2D eigenvalue weighted by molar-refractivity contribution is 7.99. The molecule has 1 heterocycles. The molecule has 4 aromatic carbocycles. The van der Waals surface area contributed by atoms with Gasteiger partial charge in [-0.05, 0) is 62.4 Å². The monoisotopic (exact) mass is 617 g/mol. The van der Waals surface area contributed by atoms with E-state index in [0.717, 1.165) is 11.4 Å². The predicted octanol–water partition coefficient (Wildman–Crippen LogP) is 6.92. The fourth-order valence-corrected chi connectivity index (χ4v) is 6.60. The van der Waals surface area contributed by atoms with Crippen LogP contribution in [0, 0.1) is 0 Å². The molecule has 0 spiro atoms. The van der Waals surface area contributed by atoms with Crippen LogP contribution in [0.15, 0.2) is 119 Å². The van der Waals surface area contributed by atoms with Crippen LogP contribution < -0.4 is 9.62 Å². The number of nitrogens with zero attached hydrogens (tertiary/aromatic N) is 4. The number of halogens is 1. The maximum Gasteiger partial charge on any atom is 0.261 e. The molecule has 5 rings (SSSR count). The van der Waals surface area contributed by atoms with Crippen molar-refractivity contribution in [1.29, 1.82) is 0 Å². The molecule has 11 heteroatoms. The molecule has 0 fully saturated rings. The van der Waals surface area contributed by atoms with Crippen LogP contribution in [-0.4, -0.2) is 40.9 Å². The molecule has 0 aliphatic rings. The Kier molecular flexibility index (Phi) is 8.96. The molecule has 1 aromatic heterocycles. The Hall–Kier alpha value is -4.12. The van der Waals surface area contributed by atoms with Crippen LogP contribution in [0.1, 0.15) is 13.8 Å². The number of hydrogen-bond acceptors (Lipinski definition) is 6. The highest BCUT2D eigenvalue weighted by atomic mass is 35.5. The van der Waals surface area contributed by atoms with Crippen molar-refractivity contribution >= 4 is 50.7 Å². The molecule has 0 aliphatic heterocycles. The summed E-state index contributed by atoms with van der Waals surface area (Å²) in [6, 6.07) is 32.1. The molecule has 0 aliphatic carbocycles. The van der Waals surface area contributed by atoms with Gasteiger partial charge >= 0.3 is 0 Å². The first-order valence-electron chi connectivity index (χ1n) is 13.1. The molecule has 1 amide bonds. The quantitative estimate of drug-likeness (QED) is 0.171. The summed E-state index contributed by atoms with van der Waals surface area (Å²) in [5.41, 5.74) is 2.43. The molecule has 42 heavy (non-hydrogen) atoms. The van der Waals surface area contributed by atoms with Gasteiger partial charge in [-0.3, -0.25) is 14.1 Å². The topological polar surface area (TPSA) is 97.2 Å². The fourth-order valence-electron chi connectivity index (χ4n) is 4.42. The van der Waals surface area contributed by atoms with E-state index in [1.807, 2.05) is 79.1 Å². The van der Waals surface area contributed by atoms with Crippen molar-refractivity contribution in [3.05, 3.63) is 114 Å². The first-order chi connectivity index (χ1) is 20.2. The molecule has 5 aromatic rings. The summed E-state index contributed by atoms with van der Waals surface area (Å²) in [7, 11) is -3.95. The minimum atomic E-state index is -3.95. The van der Waals surface area contributed by atoms with Crippen molar-refractivity contribution in [2.45, 2.75) is 29.9 Å². The van der Waals surface area contributed by atoms with Gasteiger partial charge in [-0.2, -0.15) is 0 Å². The zero-order chi connectivity index (χ0) is 29.7. The molecular weight excluding hydrogens is 590 g/mol. The van der Waals surface area contributed by atoms with E-state index in [1.165, 1.54) is 23.9 Å². The lowest BCUT2D eigenvalue weighted by atomic mass is 10.2. The Labute approximate surface area is 254 Å². The Bertz CT molecular complexity index is 1800. The van der Waals surface area contributed by atoms with E-state index in [1.54, 1.807) is 41.3 Å². The van der Waals surface area contributed by atoms with Crippen LogP contribution in [0.25, 0.3) is 17.1 Å². The highest BCUT2D eigenvalue weighted by Crippen LogP contribution is 2.31. The highest BCUT2D eigenvalue weighted by Gasteiger charge is 2.23. The minimum absolute atomic E-state index is 0.0351. The maximum atomic E-state index is 13.4. The number of benzene rings is 4. The molecule has 0 radical (unpaired) electrons. The van der Waals surface area contributed by atoms with Crippen molar-refractivity contribution < 1.29 is 13.2 Å². The van der Waals surface area contributed by atoms with Crippen LogP contribution in [0.5, 0.6) is 0 Å². The first kappa shape index (κ1) is 29.4. The van der Waals surface area contributed by atoms with Crippen LogP contribution in [-0.2, 0) is 14.8 Å². The van der Waals surface area contributed by atoms with Gasteiger partial charge in [0, 0.05) is 23.0 Å². The van der Waals surface area contributed by atoms with Crippen molar-refractivity contribution in [3.63, 3.8) is 0 Å². The van der Waals surface area contributed by atoms with Gasteiger partial charge in [0.2, 0.25) is 5.91 Å². The number of aromatic nitrogens is 3. The second-order valence-electron chi connectivity index (χ2n) is 9.57. The number of rotatable bonds is 10. The zero-order valence-corrected chi connectivity index (χ0v) is 25.3. The van der Waals surface area contributed by atoms with E-state index in [-0.39, 0.29) is 28.3 Å². The normalized spacial score (nSPS) is 11.4. The standard InChI is InChI=1S/C31H28ClN5O3S2/c1-22(2)36(24-13-5-3-6-14-24)29(38)21-41-31-34-33-30(37(31)25-15-7-4-8-16-25)23-12-11-17-26(20-23)42(39,40)35-28-19-10-9-18-27(28)32/h3-20,22,35H,21H2,1-2H3. The third kappa shape index (κ3) is 6.51. The summed E-state index contributed by atoms with van der Waals surface area (Å²) >= 11 is 7.45. The van der Waals surface area contributed by atoms with Gasteiger partial charge in [0.05, 0.1) is 21.4 Å². The first-order valence-corrected chi connectivity index (χ1v) is 16.0. The van der Waals surface area contributed by atoms with Crippen molar-refractivity contribution in [2.24, 2.45) is 0 Å². The Balaban J connectivity index is 1.47. The summed E-state index contributed by atoms with van der Waals surface area (Å²) < 4.78 is 30.9. The average Bonchev–Trinajstić information content (AvgIpc) is 3.42. The Morgan fingerprint density at radius 3 is 2.26 bits per heavy atom. The van der Waals surface area contributed by atoms with Crippen molar-refractivity contribution in [3.8, 4) is 17.1 Å². The number of sulfonamides is 1. The molecule has 0 atom stereocenters. The van der Waals surface area contributed by atoms with Gasteiger partial charge in [0.25, 0.3) is 10.0 Å². The Morgan fingerprint density at radius 1 is 0.905 bits per heavy atom. The number of carbonyl (C=O) groups excluding carboxylic acids is 1. The largest absolute Gasteiger partial charge is 0.309 e. The second kappa shape index (κ2) is 12.8. The lowest BCUT2D eigenvalue weighted by Crippen LogP contribution is -2.38. The van der Waals surface area contributed by atoms with E-state index in [4.69, 9.17) is 11.6 Å². The van der Waals surface area contributed by atoms with Crippen LogP contribution in [0.3, 0.4) is 0 Å². The second-order valence-corrected chi connectivity index (χ2v) is 12.6. The average molecular weight is 618 g/mol. The van der Waals surface area contributed by atoms with Crippen molar-refractivity contribution in [2.75, 3.05) is 15.4 Å². The molecule has 8 nitrogen and oxygen atoms in total. The molecule has 1 N–H and O–H groups in total. The molecule has 0 bridgehead atoms. The van der Waals surface area contributed by atoms with Gasteiger partial charge in [-0.25, -0.2) is 8.42 Å². The number of para-hydroxylation sites is 3. The molecular formula is C31H28ClN5O3S2. The summed E-state index contributed by atoms with van der Waals surface area (Å²) in [6.07, 6.45) is 0. The van der Waals surface area contributed by atoms with Gasteiger partial charge in [0.1, 0.15) is 0 Å². The lowest BCUT2D eigenvalue weighted by molar-refractivity contribution is -0.116. The Morgan fingerprint density at radius 2 is 1.57 bits per heavy atom. The van der Waals surface area contributed by atoms with Gasteiger partial charge in [-0.1, -0.05) is 84.0 Å². The summed E-state index contributed by atoms with van der Waals surface area (Å²) in [5.74, 6) is 0.507. The molecule has 0 saturated heterocycles. The third-order valence-corrected chi connectivity index (χ3v) is 8.92. The van der Waals surface area contributed by atoms with Gasteiger partial charge in [0.15, 0.2) is 11.0 Å². The van der Waals surface area contributed by atoms with Crippen LogP contribution in [0.4, 0.5) is 11.4 Å². The van der Waals surface area contributed by atoms with Crippen molar-refractivity contribution in [1.82, 2.24) is 14.8 Å². The third-order valence-electron chi connectivity index (χ3n) is 6.31. The number of amides is 1. The fraction of sp³-hybridized carbons (Fsp3) is 0.129. The van der Waals surface area contributed by atoms with E-state index in [0.29, 0.717) is 21.6 Å². The summed E-state index contributed by atoms with van der Waals surface area (Å²) in [4.78, 5) is 15.2. The smallest absolute Gasteiger partial charge is 0.261 e. The predicted molar refractivity (Wildman–Crippen MR) is 169 cm³/mol. The van der Waals surface area contributed by atoms with E-state index >= 15 is 0 Å². The molecule has 0 unspecified atom stereocenters. The summed E-state index contributed by atoms with van der Waals surface area (Å²) in [6.45, 7) is 3.95. The minimum Gasteiger partial charge on any atom is -0.309 e. The number of anilines is 2. The number of thioether (sulfide) groups is 1. The van der Waals surface area contributed by atoms with E-state index < -0.39 is 10.0 Å². The summed E-state index contributed by atoms with van der Waals surface area (Å²) in [5, 5.41) is 9.64. The molecule has 0 saturated carbocycles. The SMILES string of the molecule is CC(C)N(C(=O)CSc1nnc(-c2cccc(S(=O)(=O)Nc3ccccc3Cl)c2)n1-c1ccccc1)c1ccccc1. The van der Waals surface area contributed by atoms with Gasteiger partial charge < -0.3 is 4.90 Å². The van der Waals surface area contributed by atoms with E-state index in [9.17, 15) is 13.2 Å². The number of nitrogens with one attached hydrogen (secondary N) is 1. The molecule has 214 valence electrons. The van der Waals surface area contributed by atoms with Crippen LogP contribution in [0.2, 0.25) is 5.02 Å². The van der Waals surface area contributed by atoms with Gasteiger partial charge in [-0.15, -0.1) is 10.2 Å². The lowest BCUT2D eigenvalue weighted by Gasteiger charge is -2.26. The van der Waals surface area contributed by atoms with E-state index in [2.05, 4.69) is 14.9 Å². The number of carbonyl (C=O) groups is 1. The zero-order valence-electron chi connectivity index (χ0n) is 22.9.